The number of anilines is 3. The number of rotatable bonds is 7. The van der Waals surface area contributed by atoms with Crippen molar-refractivity contribution in [3.63, 3.8) is 0 Å². The lowest BCUT2D eigenvalue weighted by molar-refractivity contribution is 0.102. The van der Waals surface area contributed by atoms with Gasteiger partial charge in [0.05, 0.1) is 24.3 Å². The van der Waals surface area contributed by atoms with Crippen LogP contribution >= 0.6 is 11.6 Å². The Hall–Kier alpha value is -3.25. The van der Waals surface area contributed by atoms with Gasteiger partial charge in [0, 0.05) is 17.6 Å². The third kappa shape index (κ3) is 4.92. The van der Waals surface area contributed by atoms with E-state index in [9.17, 15) is 4.79 Å². The van der Waals surface area contributed by atoms with Crippen LogP contribution in [0.25, 0.3) is 0 Å². The summed E-state index contributed by atoms with van der Waals surface area (Å²) in [6, 6.07) is 16.0. The minimum atomic E-state index is -0.240. The zero-order chi connectivity index (χ0) is 19.9. The van der Waals surface area contributed by atoms with Crippen LogP contribution in [0.3, 0.4) is 0 Å². The fourth-order valence-electron chi connectivity index (χ4n) is 2.50. The lowest BCUT2D eigenvalue weighted by atomic mass is 10.2. The Morgan fingerprint density at radius 2 is 1.82 bits per heavy atom. The van der Waals surface area contributed by atoms with Crippen molar-refractivity contribution < 1.29 is 14.3 Å². The summed E-state index contributed by atoms with van der Waals surface area (Å²) in [4.78, 5) is 16.7. The first-order valence-electron chi connectivity index (χ1n) is 8.70. The molecule has 3 rings (SSSR count). The van der Waals surface area contributed by atoms with E-state index < -0.39 is 0 Å². The highest BCUT2D eigenvalue weighted by atomic mass is 35.5. The molecule has 0 radical (unpaired) electrons. The SMILES string of the molecule is CCOc1ccc(NC(=O)c2ccc(Nc3ccc(OC)c(Cl)c3)nc2)cc1. The molecule has 28 heavy (non-hydrogen) atoms. The standard InChI is InChI=1S/C21H20ClN3O3/c1-3-28-17-8-5-15(6-9-17)25-21(26)14-4-11-20(23-13-14)24-16-7-10-19(27-2)18(22)12-16/h4-13H,3H2,1-2H3,(H,23,24)(H,25,26). The second kappa shape index (κ2) is 9.10. The topological polar surface area (TPSA) is 72.5 Å². The lowest BCUT2D eigenvalue weighted by Gasteiger charge is -2.09. The second-order valence-electron chi connectivity index (χ2n) is 5.82. The fourth-order valence-corrected chi connectivity index (χ4v) is 2.76. The van der Waals surface area contributed by atoms with E-state index in [1.165, 1.54) is 6.20 Å². The molecule has 3 aromatic rings. The number of aromatic nitrogens is 1. The Morgan fingerprint density at radius 1 is 1.07 bits per heavy atom. The molecule has 1 aromatic heterocycles. The first-order chi connectivity index (χ1) is 13.6. The number of nitrogens with zero attached hydrogens (tertiary/aromatic N) is 1. The van der Waals surface area contributed by atoms with Crippen molar-refractivity contribution in [2.75, 3.05) is 24.4 Å². The third-order valence-electron chi connectivity index (χ3n) is 3.87. The number of hydrogen-bond acceptors (Lipinski definition) is 5. The number of carbonyl (C=O) groups excluding carboxylic acids is 1. The highest BCUT2D eigenvalue weighted by Crippen LogP contribution is 2.28. The number of methoxy groups -OCH3 is 1. The van der Waals surface area contributed by atoms with Gasteiger partial charge in [-0.3, -0.25) is 4.79 Å². The first-order valence-corrected chi connectivity index (χ1v) is 9.07. The Bertz CT molecular complexity index is 944. The smallest absolute Gasteiger partial charge is 0.257 e. The summed E-state index contributed by atoms with van der Waals surface area (Å²) >= 11 is 6.12. The van der Waals surface area contributed by atoms with Crippen molar-refractivity contribution in [1.82, 2.24) is 4.98 Å². The van der Waals surface area contributed by atoms with Crippen LogP contribution in [0, 0.1) is 0 Å². The fraction of sp³-hybridized carbons (Fsp3) is 0.143. The van der Waals surface area contributed by atoms with Crippen molar-refractivity contribution >= 4 is 34.7 Å². The number of pyridine rings is 1. The predicted molar refractivity (Wildman–Crippen MR) is 111 cm³/mol. The number of carbonyl (C=O) groups is 1. The van der Waals surface area contributed by atoms with Gasteiger partial charge in [-0.25, -0.2) is 4.98 Å². The van der Waals surface area contributed by atoms with Crippen LogP contribution in [0.2, 0.25) is 5.02 Å². The van der Waals surface area contributed by atoms with Gasteiger partial charge in [-0.1, -0.05) is 11.6 Å². The maximum atomic E-state index is 12.4. The first kappa shape index (κ1) is 19.5. The van der Waals surface area contributed by atoms with Gasteiger partial charge in [-0.15, -0.1) is 0 Å². The lowest BCUT2D eigenvalue weighted by Crippen LogP contribution is -2.12. The summed E-state index contributed by atoms with van der Waals surface area (Å²) in [5.74, 6) is 1.72. The van der Waals surface area contributed by atoms with Crippen LogP contribution in [0.1, 0.15) is 17.3 Å². The van der Waals surface area contributed by atoms with Gasteiger partial charge in [-0.05, 0) is 61.5 Å². The van der Waals surface area contributed by atoms with Crippen molar-refractivity contribution in [2.24, 2.45) is 0 Å². The van der Waals surface area contributed by atoms with E-state index in [-0.39, 0.29) is 5.91 Å². The van der Waals surface area contributed by atoms with Crippen LogP contribution in [-0.2, 0) is 0 Å². The van der Waals surface area contributed by atoms with Gasteiger partial charge in [-0.2, -0.15) is 0 Å². The molecule has 6 nitrogen and oxygen atoms in total. The number of ether oxygens (including phenoxy) is 2. The van der Waals surface area contributed by atoms with Gasteiger partial charge in [0.15, 0.2) is 0 Å². The average Bonchev–Trinajstić information content (AvgIpc) is 2.70. The molecule has 1 amide bonds. The number of halogens is 1. The minimum Gasteiger partial charge on any atom is -0.495 e. The minimum absolute atomic E-state index is 0.240. The molecular weight excluding hydrogens is 378 g/mol. The summed E-state index contributed by atoms with van der Waals surface area (Å²) in [6.45, 7) is 2.52. The molecule has 0 aliphatic carbocycles. The summed E-state index contributed by atoms with van der Waals surface area (Å²) in [6.07, 6.45) is 1.51. The third-order valence-corrected chi connectivity index (χ3v) is 4.17. The molecule has 0 atom stereocenters. The molecule has 1 heterocycles. The van der Waals surface area contributed by atoms with Gasteiger partial charge in [0.25, 0.3) is 5.91 Å². The largest absolute Gasteiger partial charge is 0.495 e. The van der Waals surface area contributed by atoms with Crippen molar-refractivity contribution in [1.29, 1.82) is 0 Å². The van der Waals surface area contributed by atoms with Gasteiger partial charge >= 0.3 is 0 Å². The summed E-state index contributed by atoms with van der Waals surface area (Å²) < 4.78 is 10.5. The quantitative estimate of drug-likeness (QED) is 0.577. The highest BCUT2D eigenvalue weighted by molar-refractivity contribution is 6.32. The molecule has 2 N–H and O–H groups in total. The predicted octanol–water partition coefficient (Wildman–Crippen LogP) is 5.14. The molecule has 0 saturated heterocycles. The van der Waals surface area contributed by atoms with E-state index in [4.69, 9.17) is 21.1 Å². The second-order valence-corrected chi connectivity index (χ2v) is 6.23. The Morgan fingerprint density at radius 3 is 2.43 bits per heavy atom. The molecular formula is C21H20ClN3O3. The number of hydrogen-bond donors (Lipinski definition) is 2. The average molecular weight is 398 g/mol. The maximum absolute atomic E-state index is 12.4. The van der Waals surface area contributed by atoms with E-state index in [1.807, 2.05) is 25.1 Å². The molecule has 7 heteroatoms. The van der Waals surface area contributed by atoms with Crippen LogP contribution in [0.4, 0.5) is 17.2 Å². The molecule has 0 unspecified atom stereocenters. The zero-order valence-electron chi connectivity index (χ0n) is 15.5. The van der Waals surface area contributed by atoms with Crippen LogP contribution in [-0.4, -0.2) is 24.6 Å². The molecule has 0 aliphatic heterocycles. The van der Waals surface area contributed by atoms with Crippen LogP contribution < -0.4 is 20.1 Å². The van der Waals surface area contributed by atoms with E-state index in [2.05, 4.69) is 15.6 Å². The van der Waals surface area contributed by atoms with Crippen molar-refractivity contribution in [2.45, 2.75) is 6.92 Å². The van der Waals surface area contributed by atoms with E-state index in [0.29, 0.717) is 34.4 Å². The Balaban J connectivity index is 1.63. The number of nitrogens with one attached hydrogen (secondary N) is 2. The molecule has 0 fully saturated rings. The molecule has 0 saturated carbocycles. The van der Waals surface area contributed by atoms with Gasteiger partial charge in [0.2, 0.25) is 0 Å². The Kier molecular flexibility index (Phi) is 6.34. The maximum Gasteiger partial charge on any atom is 0.257 e. The monoisotopic (exact) mass is 397 g/mol. The van der Waals surface area contributed by atoms with Gasteiger partial charge < -0.3 is 20.1 Å². The molecule has 2 aromatic carbocycles. The summed E-state index contributed by atoms with van der Waals surface area (Å²) in [7, 11) is 1.56. The number of amides is 1. The highest BCUT2D eigenvalue weighted by Gasteiger charge is 2.08. The van der Waals surface area contributed by atoms with Crippen molar-refractivity contribution in [3.8, 4) is 11.5 Å². The Labute approximate surface area is 168 Å². The van der Waals surface area contributed by atoms with Crippen LogP contribution in [0.5, 0.6) is 11.5 Å². The van der Waals surface area contributed by atoms with E-state index in [1.54, 1.807) is 43.5 Å². The van der Waals surface area contributed by atoms with E-state index >= 15 is 0 Å². The van der Waals surface area contributed by atoms with Gasteiger partial charge in [0.1, 0.15) is 17.3 Å². The molecule has 0 aliphatic rings. The molecule has 0 spiro atoms. The van der Waals surface area contributed by atoms with Crippen molar-refractivity contribution in [3.05, 3.63) is 71.4 Å². The van der Waals surface area contributed by atoms with Crippen LogP contribution in [0.15, 0.2) is 60.8 Å². The summed E-state index contributed by atoms with van der Waals surface area (Å²) in [5, 5.41) is 6.46. The van der Waals surface area contributed by atoms with E-state index in [0.717, 1.165) is 11.4 Å². The number of benzene rings is 2. The summed E-state index contributed by atoms with van der Waals surface area (Å²) in [5.41, 5.74) is 1.90. The molecule has 144 valence electrons. The normalized spacial score (nSPS) is 10.2. The molecule has 0 bridgehead atoms. The zero-order valence-corrected chi connectivity index (χ0v) is 16.3.